The summed E-state index contributed by atoms with van der Waals surface area (Å²) in [5, 5.41) is 1.17. The van der Waals surface area contributed by atoms with Gasteiger partial charge in [-0.25, -0.2) is 0 Å². The fourth-order valence-electron chi connectivity index (χ4n) is 5.06. The molecule has 0 aliphatic rings. The van der Waals surface area contributed by atoms with E-state index >= 15 is 0 Å². The lowest BCUT2D eigenvalue weighted by Gasteiger charge is -2.17. The highest BCUT2D eigenvalue weighted by molar-refractivity contribution is 6.26. The minimum absolute atomic E-state index is 0.00760. The molecule has 168 valence electrons. The van der Waals surface area contributed by atoms with E-state index < -0.39 is 84.1 Å². The molecule has 36 heavy (non-hydrogen) atoms. The Labute approximate surface area is 225 Å². The number of hydrogen-bond acceptors (Lipinski definition) is 2. The number of benzene rings is 6. The number of rotatable bonds is 2. The zero-order valence-corrected chi connectivity index (χ0v) is 18.4. The summed E-state index contributed by atoms with van der Waals surface area (Å²) in [5.74, 6) is 0. The molecule has 0 aliphatic carbocycles. The lowest BCUT2D eigenvalue weighted by molar-refractivity contribution is 0.615. The van der Waals surface area contributed by atoms with Gasteiger partial charge in [-0.15, -0.1) is 0 Å². The fraction of sp³-hybridized carbons (Fsp3) is 0. The maximum Gasteiger partial charge on any atom is 0.143 e. The predicted molar refractivity (Wildman–Crippen MR) is 149 cm³/mol. The summed E-state index contributed by atoms with van der Waals surface area (Å²) in [5.41, 5.74) is 0.807. The molecule has 2 aromatic heterocycles. The van der Waals surface area contributed by atoms with Crippen molar-refractivity contribution in [1.29, 1.82) is 0 Å². The van der Waals surface area contributed by atoms with E-state index in [-0.39, 0.29) is 43.8 Å². The van der Waals surface area contributed by atoms with Crippen LogP contribution >= 0.6 is 0 Å². The third-order valence-electron chi connectivity index (χ3n) is 6.49. The lowest BCUT2D eigenvalue weighted by atomic mass is 9.85. The average Bonchev–Trinajstić information content (AvgIpc) is 3.73. The van der Waals surface area contributed by atoms with Gasteiger partial charge in [0.15, 0.2) is 0 Å². The molecule has 0 aliphatic heterocycles. The van der Waals surface area contributed by atoms with Crippen LogP contribution < -0.4 is 0 Å². The average molecular weight is 474 g/mol. The summed E-state index contributed by atoms with van der Waals surface area (Å²) in [6, 6.07) is 1.84. The minimum atomic E-state index is -0.722. The van der Waals surface area contributed by atoms with E-state index in [0.29, 0.717) is 21.9 Å². The van der Waals surface area contributed by atoms with Gasteiger partial charge in [0.1, 0.15) is 16.7 Å². The van der Waals surface area contributed by atoms with Crippen LogP contribution in [-0.2, 0) is 0 Å². The van der Waals surface area contributed by atoms with Crippen molar-refractivity contribution in [3.63, 3.8) is 0 Å². The zero-order valence-electron chi connectivity index (χ0n) is 31.4. The number of para-hydroxylation sites is 1. The smallest absolute Gasteiger partial charge is 0.143 e. The standard InChI is InChI=1S/C34H20O2/c1-2-9-21(10-3-1)31-22-11-4-6-13-24(22)32(25-14-7-5-12-23(25)31)27-15-8-16-28-33-26-19-20-35-29(26)17-18-30(33)36-34(27)28/h1-20H/i1D,2D,3D,4D,5D,6D,7D,9D,10D,11D,12D,13D,14D. The molecule has 6 aromatic carbocycles. The van der Waals surface area contributed by atoms with Crippen LogP contribution in [0.15, 0.2) is 130 Å². The van der Waals surface area contributed by atoms with E-state index in [1.54, 1.807) is 36.4 Å². The maximum atomic E-state index is 9.18. The Morgan fingerprint density at radius 1 is 0.528 bits per heavy atom. The normalized spacial score (nSPS) is 16.9. The maximum absolute atomic E-state index is 9.18. The van der Waals surface area contributed by atoms with E-state index in [4.69, 9.17) is 23.9 Å². The third-order valence-corrected chi connectivity index (χ3v) is 6.49. The molecule has 2 nitrogen and oxygen atoms in total. The first-order chi connectivity index (χ1) is 23.3. The first kappa shape index (κ1) is 10.8. The fourth-order valence-corrected chi connectivity index (χ4v) is 5.06. The van der Waals surface area contributed by atoms with Crippen LogP contribution in [0.1, 0.15) is 17.8 Å². The molecule has 0 unspecified atom stereocenters. The van der Waals surface area contributed by atoms with Crippen molar-refractivity contribution in [2.24, 2.45) is 0 Å². The largest absolute Gasteiger partial charge is 0.464 e. The monoisotopic (exact) mass is 473 g/mol. The van der Waals surface area contributed by atoms with Gasteiger partial charge in [0, 0.05) is 27.3 Å². The van der Waals surface area contributed by atoms with Gasteiger partial charge in [0.2, 0.25) is 0 Å². The number of furan rings is 2. The summed E-state index contributed by atoms with van der Waals surface area (Å²) < 4.78 is 126. The van der Waals surface area contributed by atoms with Crippen LogP contribution in [0.5, 0.6) is 0 Å². The highest BCUT2D eigenvalue weighted by Crippen LogP contribution is 2.46. The third kappa shape index (κ3) is 2.61. The molecule has 2 heterocycles. The number of fused-ring (bicyclic) bond motifs is 7. The van der Waals surface area contributed by atoms with Crippen molar-refractivity contribution in [2.45, 2.75) is 0 Å². The molecule has 0 saturated heterocycles. The summed E-state index contributed by atoms with van der Waals surface area (Å²) in [4.78, 5) is 0. The van der Waals surface area contributed by atoms with Gasteiger partial charge < -0.3 is 8.83 Å². The minimum Gasteiger partial charge on any atom is -0.464 e. The van der Waals surface area contributed by atoms with E-state index in [2.05, 4.69) is 0 Å². The second kappa shape index (κ2) is 7.34. The Balaban J connectivity index is 1.73. The zero-order chi connectivity index (χ0) is 35.0. The van der Waals surface area contributed by atoms with Crippen LogP contribution in [0.4, 0.5) is 0 Å². The summed E-state index contributed by atoms with van der Waals surface area (Å²) in [7, 11) is 0. The van der Waals surface area contributed by atoms with E-state index in [1.165, 1.54) is 6.26 Å². The van der Waals surface area contributed by atoms with Gasteiger partial charge in [0.05, 0.1) is 24.1 Å². The van der Waals surface area contributed by atoms with E-state index in [9.17, 15) is 2.74 Å². The quantitative estimate of drug-likeness (QED) is 0.233. The van der Waals surface area contributed by atoms with Crippen molar-refractivity contribution in [2.75, 3.05) is 0 Å². The predicted octanol–water partition coefficient (Wildman–Crippen LogP) is 9.97. The first-order valence-electron chi connectivity index (χ1n) is 17.6. The SMILES string of the molecule is [2H]c1c([2H])c([2H])c(-c2c3c([2H])c([2H])c([2H])c([2H])c3c(-c3cccc4c3oc3ccc5occc5c34)c3c([2H])c([2H])c([2H])c([2H])c23)c([2H])c1[2H]. The lowest BCUT2D eigenvalue weighted by Crippen LogP contribution is -1.90. The molecule has 0 amide bonds. The van der Waals surface area contributed by atoms with Gasteiger partial charge in [-0.05, 0) is 50.9 Å². The van der Waals surface area contributed by atoms with Gasteiger partial charge in [-0.1, -0.05) is 96.8 Å². The Bertz CT molecular complexity index is 2710. The van der Waals surface area contributed by atoms with Gasteiger partial charge >= 0.3 is 0 Å². The van der Waals surface area contributed by atoms with Gasteiger partial charge in [0.25, 0.3) is 0 Å². The molecule has 2 heteroatoms. The Morgan fingerprint density at radius 3 is 1.89 bits per heavy atom. The van der Waals surface area contributed by atoms with Crippen molar-refractivity contribution in [3.8, 4) is 22.3 Å². The van der Waals surface area contributed by atoms with Crippen LogP contribution in [0.2, 0.25) is 0 Å². The highest BCUT2D eigenvalue weighted by Gasteiger charge is 2.20. The first-order valence-corrected chi connectivity index (χ1v) is 11.1. The van der Waals surface area contributed by atoms with Gasteiger partial charge in [-0.3, -0.25) is 0 Å². The van der Waals surface area contributed by atoms with Crippen LogP contribution in [-0.4, -0.2) is 0 Å². The van der Waals surface area contributed by atoms with Gasteiger partial charge in [-0.2, -0.15) is 0 Å². The van der Waals surface area contributed by atoms with Crippen LogP contribution in [0, 0.1) is 0 Å². The Kier molecular flexibility index (Phi) is 2.21. The van der Waals surface area contributed by atoms with Crippen LogP contribution in [0.25, 0.3) is 76.7 Å². The Morgan fingerprint density at radius 2 is 1.17 bits per heavy atom. The second-order valence-electron chi connectivity index (χ2n) is 8.31. The van der Waals surface area contributed by atoms with E-state index in [1.807, 2.05) is 0 Å². The molecular formula is C34H20O2. The highest BCUT2D eigenvalue weighted by atomic mass is 16.3. The molecular weight excluding hydrogens is 440 g/mol. The van der Waals surface area contributed by atoms with Crippen LogP contribution in [0.3, 0.4) is 0 Å². The molecule has 0 bridgehead atoms. The van der Waals surface area contributed by atoms with Crippen molar-refractivity contribution >= 4 is 54.5 Å². The molecule has 0 N–H and O–H groups in total. The molecule has 0 spiro atoms. The molecule has 8 rings (SSSR count). The van der Waals surface area contributed by atoms with Crippen molar-refractivity contribution < 1.29 is 26.7 Å². The molecule has 0 atom stereocenters. The topological polar surface area (TPSA) is 26.3 Å². The van der Waals surface area contributed by atoms with Crippen molar-refractivity contribution in [3.05, 3.63) is 121 Å². The van der Waals surface area contributed by atoms with E-state index in [0.717, 1.165) is 5.39 Å². The molecule has 0 fully saturated rings. The second-order valence-corrected chi connectivity index (χ2v) is 8.31. The molecule has 0 saturated carbocycles. The Hall–Kier alpha value is -4.82. The summed E-state index contributed by atoms with van der Waals surface area (Å²) >= 11 is 0. The van der Waals surface area contributed by atoms with Crippen molar-refractivity contribution in [1.82, 2.24) is 0 Å². The number of hydrogen-bond donors (Lipinski definition) is 0. The molecule has 0 radical (unpaired) electrons. The molecule has 8 aromatic rings. The summed E-state index contributed by atoms with van der Waals surface area (Å²) in [6.07, 6.45) is 1.54. The summed E-state index contributed by atoms with van der Waals surface area (Å²) in [6.45, 7) is 0.